The molecule has 172 valence electrons. The molecule has 0 N–H and O–H groups in total. The molecule has 4 heteroatoms. The summed E-state index contributed by atoms with van der Waals surface area (Å²) in [6, 6.07) is 0. The van der Waals surface area contributed by atoms with E-state index in [9.17, 15) is 9.59 Å². The zero-order valence-electron chi connectivity index (χ0n) is 19.6. The minimum atomic E-state index is -0.337. The van der Waals surface area contributed by atoms with E-state index < -0.39 is 0 Å². The number of hydrogen-bond acceptors (Lipinski definition) is 4. The number of ether oxygens (including phenoxy) is 2. The fraction of sp³-hybridized carbons (Fsp3) is 0.920. The Labute approximate surface area is 180 Å². The topological polar surface area (TPSA) is 52.6 Å². The third-order valence-corrected chi connectivity index (χ3v) is 5.38. The first-order valence-corrected chi connectivity index (χ1v) is 12.4. The Bertz CT molecular complexity index is 379. The lowest BCUT2D eigenvalue weighted by molar-refractivity contribution is -0.169. The maximum absolute atomic E-state index is 11.5. The lowest BCUT2D eigenvalue weighted by Crippen LogP contribution is -2.16. The summed E-state index contributed by atoms with van der Waals surface area (Å²) >= 11 is 0. The first-order chi connectivity index (χ1) is 14.1. The molecule has 29 heavy (non-hydrogen) atoms. The number of carbonyl (C=O) groups excluding carboxylic acids is 2. The Morgan fingerprint density at radius 1 is 0.586 bits per heavy atom. The van der Waals surface area contributed by atoms with E-state index in [1.807, 2.05) is 0 Å². The predicted octanol–water partition coefficient (Wildman–Crippen LogP) is 7.73. The van der Waals surface area contributed by atoms with Crippen molar-refractivity contribution in [3.05, 3.63) is 0 Å². The second kappa shape index (κ2) is 21.6. The summed E-state index contributed by atoms with van der Waals surface area (Å²) in [6.07, 6.45) is 22.9. The number of hydrogen-bond donors (Lipinski definition) is 0. The maximum atomic E-state index is 11.5. The molecule has 0 rings (SSSR count). The van der Waals surface area contributed by atoms with Crippen LogP contribution in [-0.4, -0.2) is 18.7 Å². The largest absolute Gasteiger partial charge is 0.428 e. The SMILES string of the molecule is CCCCCCCCCCCCCCCCCCCC(=O)OCOC(=O)C(C)C. The van der Waals surface area contributed by atoms with Crippen LogP contribution in [0.4, 0.5) is 0 Å². The van der Waals surface area contributed by atoms with Crippen molar-refractivity contribution >= 4 is 11.9 Å². The third-order valence-electron chi connectivity index (χ3n) is 5.38. The van der Waals surface area contributed by atoms with Crippen molar-refractivity contribution in [1.82, 2.24) is 0 Å². The Morgan fingerprint density at radius 3 is 1.34 bits per heavy atom. The van der Waals surface area contributed by atoms with Crippen molar-refractivity contribution in [3.8, 4) is 0 Å². The van der Waals surface area contributed by atoms with Gasteiger partial charge in [0.25, 0.3) is 0 Å². The van der Waals surface area contributed by atoms with Gasteiger partial charge in [-0.15, -0.1) is 0 Å². The van der Waals surface area contributed by atoms with E-state index in [0.717, 1.165) is 12.8 Å². The highest BCUT2D eigenvalue weighted by molar-refractivity contribution is 5.72. The van der Waals surface area contributed by atoms with Gasteiger partial charge in [-0.1, -0.05) is 124 Å². The van der Waals surface area contributed by atoms with Crippen LogP contribution in [0.1, 0.15) is 136 Å². The minimum Gasteiger partial charge on any atom is -0.428 e. The van der Waals surface area contributed by atoms with Gasteiger partial charge in [0.1, 0.15) is 0 Å². The third kappa shape index (κ3) is 21.5. The summed E-state index contributed by atoms with van der Waals surface area (Å²) in [5.41, 5.74) is 0. The first-order valence-electron chi connectivity index (χ1n) is 12.4. The molecule has 0 heterocycles. The summed E-state index contributed by atoms with van der Waals surface area (Å²) in [4.78, 5) is 22.8. The summed E-state index contributed by atoms with van der Waals surface area (Å²) in [6.45, 7) is 5.52. The molecule has 0 aliphatic rings. The number of rotatable bonds is 21. The average Bonchev–Trinajstić information content (AvgIpc) is 2.70. The first kappa shape index (κ1) is 27.9. The molecular formula is C25H48O4. The van der Waals surface area contributed by atoms with E-state index in [-0.39, 0.29) is 24.6 Å². The fourth-order valence-electron chi connectivity index (χ4n) is 3.39. The van der Waals surface area contributed by atoms with Crippen LogP contribution in [0.5, 0.6) is 0 Å². The Morgan fingerprint density at radius 2 is 0.966 bits per heavy atom. The van der Waals surface area contributed by atoms with Crippen LogP contribution >= 0.6 is 0 Å². The van der Waals surface area contributed by atoms with Crippen LogP contribution in [0.15, 0.2) is 0 Å². The summed E-state index contributed by atoms with van der Waals surface area (Å²) in [5.74, 6) is -0.808. The second-order valence-corrected chi connectivity index (χ2v) is 8.66. The average molecular weight is 413 g/mol. The van der Waals surface area contributed by atoms with Crippen molar-refractivity contribution < 1.29 is 19.1 Å². The molecule has 0 amide bonds. The highest BCUT2D eigenvalue weighted by Gasteiger charge is 2.09. The van der Waals surface area contributed by atoms with E-state index in [4.69, 9.17) is 9.47 Å². The van der Waals surface area contributed by atoms with Gasteiger partial charge in [0, 0.05) is 6.42 Å². The Balaban J connectivity index is 3.18. The van der Waals surface area contributed by atoms with Crippen LogP contribution in [0.3, 0.4) is 0 Å². The van der Waals surface area contributed by atoms with Gasteiger partial charge in [0.15, 0.2) is 0 Å². The van der Waals surface area contributed by atoms with Gasteiger partial charge < -0.3 is 9.47 Å². The lowest BCUT2D eigenvalue weighted by Gasteiger charge is -2.07. The van der Waals surface area contributed by atoms with Crippen LogP contribution in [0.25, 0.3) is 0 Å². The molecule has 0 spiro atoms. The molecule has 0 saturated carbocycles. The molecule has 0 radical (unpaired) electrons. The van der Waals surface area contributed by atoms with E-state index in [1.54, 1.807) is 13.8 Å². The van der Waals surface area contributed by atoms with Gasteiger partial charge in [-0.2, -0.15) is 0 Å². The van der Waals surface area contributed by atoms with Crippen molar-refractivity contribution in [1.29, 1.82) is 0 Å². The normalized spacial score (nSPS) is 11.0. The zero-order valence-corrected chi connectivity index (χ0v) is 19.6. The lowest BCUT2D eigenvalue weighted by atomic mass is 10.0. The van der Waals surface area contributed by atoms with Gasteiger partial charge in [-0.25, -0.2) is 0 Å². The van der Waals surface area contributed by atoms with Crippen molar-refractivity contribution in [2.45, 2.75) is 136 Å². The molecule has 0 aliphatic heterocycles. The standard InChI is InChI=1S/C25H48O4/c1-4-5-6-7-8-9-10-11-12-13-14-15-16-17-18-19-20-21-24(26)28-22-29-25(27)23(2)3/h23H,4-22H2,1-3H3. The molecule has 0 saturated heterocycles. The van der Waals surface area contributed by atoms with Gasteiger partial charge in [0.05, 0.1) is 5.92 Å². The van der Waals surface area contributed by atoms with Crippen molar-refractivity contribution in [2.24, 2.45) is 5.92 Å². The molecule has 0 aromatic heterocycles. The van der Waals surface area contributed by atoms with Gasteiger partial charge in [-0.05, 0) is 6.42 Å². The molecule has 0 atom stereocenters. The zero-order chi connectivity index (χ0) is 21.6. The minimum absolute atomic E-state index is 0.196. The fourth-order valence-corrected chi connectivity index (χ4v) is 3.39. The Hall–Kier alpha value is -1.06. The van der Waals surface area contributed by atoms with Crippen LogP contribution in [0, 0.1) is 5.92 Å². The summed E-state index contributed by atoms with van der Waals surface area (Å²) < 4.78 is 9.74. The molecule has 0 aromatic rings. The quantitative estimate of drug-likeness (QED) is 0.110. The Kier molecular flexibility index (Phi) is 20.9. The van der Waals surface area contributed by atoms with Gasteiger partial charge in [0.2, 0.25) is 6.79 Å². The summed E-state index contributed by atoms with van der Waals surface area (Å²) in [5, 5.41) is 0. The molecule has 0 fully saturated rings. The highest BCUT2D eigenvalue weighted by Crippen LogP contribution is 2.14. The van der Waals surface area contributed by atoms with Gasteiger partial charge in [-0.3, -0.25) is 9.59 Å². The molecule has 4 nitrogen and oxygen atoms in total. The number of unbranched alkanes of at least 4 members (excludes halogenated alkanes) is 16. The molecule has 0 bridgehead atoms. The van der Waals surface area contributed by atoms with E-state index in [1.165, 1.54) is 96.3 Å². The van der Waals surface area contributed by atoms with E-state index in [2.05, 4.69) is 6.92 Å². The molecule has 0 aliphatic carbocycles. The van der Waals surface area contributed by atoms with Gasteiger partial charge >= 0.3 is 11.9 Å². The predicted molar refractivity (Wildman–Crippen MR) is 121 cm³/mol. The monoisotopic (exact) mass is 412 g/mol. The van der Waals surface area contributed by atoms with E-state index in [0.29, 0.717) is 6.42 Å². The van der Waals surface area contributed by atoms with Crippen molar-refractivity contribution in [3.63, 3.8) is 0 Å². The highest BCUT2D eigenvalue weighted by atomic mass is 16.7. The molecule has 0 unspecified atom stereocenters. The second-order valence-electron chi connectivity index (χ2n) is 8.66. The molecular weight excluding hydrogens is 364 g/mol. The van der Waals surface area contributed by atoms with Crippen LogP contribution in [-0.2, 0) is 19.1 Å². The van der Waals surface area contributed by atoms with E-state index >= 15 is 0 Å². The van der Waals surface area contributed by atoms with Crippen LogP contribution < -0.4 is 0 Å². The van der Waals surface area contributed by atoms with Crippen LogP contribution in [0.2, 0.25) is 0 Å². The van der Waals surface area contributed by atoms with Crippen molar-refractivity contribution in [2.75, 3.05) is 6.79 Å². The molecule has 0 aromatic carbocycles. The number of carbonyl (C=O) groups is 2. The summed E-state index contributed by atoms with van der Waals surface area (Å²) in [7, 11) is 0. The maximum Gasteiger partial charge on any atom is 0.311 e. The smallest absolute Gasteiger partial charge is 0.311 e. The number of esters is 2.